The summed E-state index contributed by atoms with van der Waals surface area (Å²) >= 11 is 3.66. The van der Waals surface area contributed by atoms with Crippen molar-refractivity contribution in [1.82, 2.24) is 5.32 Å². The maximum absolute atomic E-state index is 6.13. The summed E-state index contributed by atoms with van der Waals surface area (Å²) in [6.45, 7) is 11.6. The first-order valence-corrected chi connectivity index (χ1v) is 7.64. The topological polar surface area (TPSA) is 25.2 Å². The Morgan fingerprint density at radius 1 is 1.21 bits per heavy atom. The first kappa shape index (κ1) is 14.6. The van der Waals surface area contributed by atoms with Crippen LogP contribution in [0.1, 0.15) is 50.5 Å². The first-order chi connectivity index (χ1) is 8.91. The predicted octanol–water partition coefficient (Wildman–Crippen LogP) is 5.13. The molecule has 19 heavy (non-hydrogen) atoms. The van der Waals surface area contributed by atoms with E-state index in [1.54, 1.807) is 0 Å². The Labute approximate surface area is 123 Å². The molecule has 1 N–H and O–H groups in total. The Kier molecular flexibility index (Phi) is 4.36. The van der Waals surface area contributed by atoms with Gasteiger partial charge in [-0.25, -0.2) is 0 Å². The summed E-state index contributed by atoms with van der Waals surface area (Å²) in [7, 11) is 0. The molecule has 0 aliphatic carbocycles. The number of hydrogen-bond acceptors (Lipinski definition) is 2. The van der Waals surface area contributed by atoms with E-state index in [0.717, 1.165) is 22.4 Å². The zero-order chi connectivity index (χ0) is 14.2. The zero-order valence-corrected chi connectivity index (χ0v) is 13.9. The number of fused-ring (bicyclic) bond motifs is 1. The van der Waals surface area contributed by atoms with Gasteiger partial charge in [-0.15, -0.1) is 0 Å². The summed E-state index contributed by atoms with van der Waals surface area (Å²) in [5, 5.41) is 4.68. The molecule has 2 nitrogen and oxygen atoms in total. The van der Waals surface area contributed by atoms with Crippen LogP contribution >= 0.6 is 15.9 Å². The first-order valence-electron chi connectivity index (χ1n) is 6.85. The van der Waals surface area contributed by atoms with Gasteiger partial charge in [-0.1, -0.05) is 49.7 Å². The third kappa shape index (κ3) is 2.87. The second-order valence-corrected chi connectivity index (χ2v) is 6.55. The molecule has 1 aromatic carbocycles. The molecule has 2 aromatic rings. The predicted molar refractivity (Wildman–Crippen MR) is 84.7 cm³/mol. The smallest absolute Gasteiger partial charge is 0.138 e. The third-order valence-electron chi connectivity index (χ3n) is 3.35. The lowest BCUT2D eigenvalue weighted by atomic mass is 9.98. The van der Waals surface area contributed by atoms with E-state index in [0.29, 0.717) is 12.0 Å². The van der Waals surface area contributed by atoms with Crippen LogP contribution < -0.4 is 5.32 Å². The molecular weight excluding hydrogens is 302 g/mol. The highest BCUT2D eigenvalue weighted by Gasteiger charge is 2.20. The largest absolute Gasteiger partial charge is 0.459 e. The number of benzene rings is 1. The molecule has 0 bridgehead atoms. The van der Waals surface area contributed by atoms with Crippen LogP contribution in [0.5, 0.6) is 0 Å². The molecule has 0 radical (unpaired) electrons. The van der Waals surface area contributed by atoms with Gasteiger partial charge in [0.1, 0.15) is 11.3 Å². The van der Waals surface area contributed by atoms with Crippen molar-refractivity contribution in [3.8, 4) is 0 Å². The van der Waals surface area contributed by atoms with E-state index in [4.69, 9.17) is 4.42 Å². The van der Waals surface area contributed by atoms with E-state index in [9.17, 15) is 0 Å². The summed E-state index contributed by atoms with van der Waals surface area (Å²) < 4.78 is 7.25. The molecule has 0 saturated heterocycles. The average molecular weight is 324 g/mol. The van der Waals surface area contributed by atoms with Crippen LogP contribution in [0.3, 0.4) is 0 Å². The summed E-state index contributed by atoms with van der Waals surface area (Å²) in [5.41, 5.74) is 3.52. The normalized spacial score (nSPS) is 12.0. The number of furan rings is 1. The molecule has 0 unspecified atom stereocenters. The number of hydrogen-bond donors (Lipinski definition) is 1. The van der Waals surface area contributed by atoms with Crippen LogP contribution in [0.15, 0.2) is 21.0 Å². The lowest BCUT2D eigenvalue weighted by Crippen LogP contribution is -2.22. The molecule has 0 aliphatic heterocycles. The van der Waals surface area contributed by atoms with Gasteiger partial charge in [0.25, 0.3) is 0 Å². The maximum Gasteiger partial charge on any atom is 0.138 e. The Balaban J connectivity index is 2.60. The minimum atomic E-state index is 0.448. The minimum absolute atomic E-state index is 0.448. The van der Waals surface area contributed by atoms with E-state index in [1.165, 1.54) is 16.5 Å². The van der Waals surface area contributed by atoms with Crippen LogP contribution in [0.4, 0.5) is 0 Å². The lowest BCUT2D eigenvalue weighted by molar-refractivity contribution is 0.480. The van der Waals surface area contributed by atoms with Crippen molar-refractivity contribution in [3.63, 3.8) is 0 Å². The number of halogens is 1. The maximum atomic E-state index is 6.13. The molecule has 0 saturated carbocycles. The second-order valence-electron chi connectivity index (χ2n) is 5.70. The lowest BCUT2D eigenvalue weighted by Gasteiger charge is -2.10. The van der Waals surface area contributed by atoms with Gasteiger partial charge in [-0.2, -0.15) is 0 Å². The highest BCUT2D eigenvalue weighted by atomic mass is 79.9. The number of aryl methyl sites for hydroxylation is 1. The molecule has 104 valence electrons. The van der Waals surface area contributed by atoms with Crippen LogP contribution in [-0.4, -0.2) is 6.04 Å². The summed E-state index contributed by atoms with van der Waals surface area (Å²) in [6.07, 6.45) is 0. The van der Waals surface area contributed by atoms with E-state index in [1.807, 2.05) is 0 Å². The van der Waals surface area contributed by atoms with Gasteiger partial charge < -0.3 is 9.73 Å². The number of rotatable bonds is 4. The van der Waals surface area contributed by atoms with Gasteiger partial charge in [0.2, 0.25) is 0 Å². The molecule has 0 spiro atoms. The van der Waals surface area contributed by atoms with Crippen molar-refractivity contribution in [3.05, 3.63) is 33.5 Å². The van der Waals surface area contributed by atoms with Crippen molar-refractivity contribution in [1.29, 1.82) is 0 Å². The van der Waals surface area contributed by atoms with E-state index in [2.05, 4.69) is 68.0 Å². The van der Waals surface area contributed by atoms with Gasteiger partial charge in [-0.05, 0) is 24.5 Å². The highest BCUT2D eigenvalue weighted by molar-refractivity contribution is 9.10. The van der Waals surface area contributed by atoms with Crippen molar-refractivity contribution < 1.29 is 4.42 Å². The van der Waals surface area contributed by atoms with Crippen molar-refractivity contribution >= 4 is 26.9 Å². The van der Waals surface area contributed by atoms with Crippen molar-refractivity contribution in [2.24, 2.45) is 0 Å². The number of nitrogens with one attached hydrogen (secondary N) is 1. The molecule has 0 atom stereocenters. The molecule has 1 aromatic heterocycles. The van der Waals surface area contributed by atoms with Gasteiger partial charge in [0.15, 0.2) is 0 Å². The van der Waals surface area contributed by atoms with Gasteiger partial charge >= 0.3 is 0 Å². The van der Waals surface area contributed by atoms with E-state index in [-0.39, 0.29) is 0 Å². The Morgan fingerprint density at radius 2 is 1.89 bits per heavy atom. The Bertz CT molecular complexity index is 584. The second kappa shape index (κ2) is 5.68. The molecule has 0 fully saturated rings. The minimum Gasteiger partial charge on any atom is -0.459 e. The Hall–Kier alpha value is -0.800. The van der Waals surface area contributed by atoms with Gasteiger partial charge in [0.05, 0.1) is 6.54 Å². The van der Waals surface area contributed by atoms with Crippen LogP contribution in [0, 0.1) is 6.92 Å². The third-order valence-corrected chi connectivity index (χ3v) is 4.01. The fraction of sp³-hybridized carbons (Fsp3) is 0.500. The average Bonchev–Trinajstić information content (AvgIpc) is 2.72. The molecule has 0 aliphatic rings. The van der Waals surface area contributed by atoms with E-state index >= 15 is 0 Å². The Morgan fingerprint density at radius 3 is 2.47 bits per heavy atom. The summed E-state index contributed by atoms with van der Waals surface area (Å²) in [4.78, 5) is 0. The van der Waals surface area contributed by atoms with Crippen molar-refractivity contribution in [2.45, 2.75) is 53.1 Å². The molecule has 0 amide bonds. The van der Waals surface area contributed by atoms with Gasteiger partial charge in [0, 0.05) is 21.5 Å². The quantitative estimate of drug-likeness (QED) is 0.844. The van der Waals surface area contributed by atoms with Gasteiger partial charge in [-0.3, -0.25) is 0 Å². The zero-order valence-electron chi connectivity index (χ0n) is 12.3. The summed E-state index contributed by atoms with van der Waals surface area (Å²) in [5.74, 6) is 1.51. The van der Waals surface area contributed by atoms with Crippen molar-refractivity contribution in [2.75, 3.05) is 0 Å². The highest BCUT2D eigenvalue weighted by Crippen LogP contribution is 2.38. The molecule has 3 heteroatoms. The fourth-order valence-electron chi connectivity index (χ4n) is 2.40. The van der Waals surface area contributed by atoms with Crippen LogP contribution in [0.2, 0.25) is 0 Å². The monoisotopic (exact) mass is 323 g/mol. The molecular formula is C16H22BrNO. The molecule has 2 rings (SSSR count). The SMILES string of the molecule is Cc1ccc(Br)c2c(C(C)C)c(CNC(C)C)oc12. The summed E-state index contributed by atoms with van der Waals surface area (Å²) in [6, 6.07) is 4.66. The molecule has 1 heterocycles. The fourth-order valence-corrected chi connectivity index (χ4v) is 2.93. The van der Waals surface area contributed by atoms with E-state index < -0.39 is 0 Å². The van der Waals surface area contributed by atoms with Crippen LogP contribution in [0.25, 0.3) is 11.0 Å². The standard InChI is InChI=1S/C16H22BrNO/c1-9(2)14-13(8-18-10(3)4)19-16-11(5)6-7-12(17)15(14)16/h6-7,9-10,18H,8H2,1-5H3. The van der Waals surface area contributed by atoms with Crippen LogP contribution in [-0.2, 0) is 6.54 Å².